The third kappa shape index (κ3) is 3.72. The first-order valence-corrected chi connectivity index (χ1v) is 7.29. The van der Waals surface area contributed by atoms with Crippen molar-refractivity contribution >= 4 is 23.2 Å². The fourth-order valence-electron chi connectivity index (χ4n) is 2.21. The summed E-state index contributed by atoms with van der Waals surface area (Å²) >= 11 is 12.2. The largest absolute Gasteiger partial charge is 0.310 e. The Bertz CT molecular complexity index is 586. The summed E-state index contributed by atoms with van der Waals surface area (Å²) in [5.74, 6) is -0.194. The van der Waals surface area contributed by atoms with Gasteiger partial charge in [-0.15, -0.1) is 0 Å². The lowest BCUT2D eigenvalue weighted by molar-refractivity contribution is 0.528. The second-order valence-electron chi connectivity index (χ2n) is 4.57. The Morgan fingerprint density at radius 1 is 1.15 bits per heavy atom. The number of halogens is 3. The summed E-state index contributed by atoms with van der Waals surface area (Å²) in [5, 5.41) is 4.53. The van der Waals surface area contributed by atoms with Crippen LogP contribution in [0.15, 0.2) is 42.5 Å². The van der Waals surface area contributed by atoms with Crippen molar-refractivity contribution in [2.45, 2.75) is 19.4 Å². The van der Waals surface area contributed by atoms with E-state index in [0.29, 0.717) is 22.0 Å². The van der Waals surface area contributed by atoms with Crippen molar-refractivity contribution in [3.05, 3.63) is 69.5 Å². The van der Waals surface area contributed by atoms with Gasteiger partial charge in [-0.25, -0.2) is 4.39 Å². The van der Waals surface area contributed by atoms with Crippen LogP contribution in [-0.2, 0) is 6.42 Å². The van der Waals surface area contributed by atoms with Gasteiger partial charge in [0.2, 0.25) is 0 Å². The summed E-state index contributed by atoms with van der Waals surface area (Å²) in [7, 11) is 0. The second kappa shape index (κ2) is 7.07. The van der Waals surface area contributed by atoms with Crippen LogP contribution in [0.4, 0.5) is 4.39 Å². The molecule has 0 radical (unpaired) electrons. The Balaban J connectivity index is 2.29. The fourth-order valence-corrected chi connectivity index (χ4v) is 2.75. The highest BCUT2D eigenvalue weighted by Crippen LogP contribution is 2.29. The number of nitrogens with one attached hydrogen (secondary N) is 1. The molecule has 2 aromatic rings. The van der Waals surface area contributed by atoms with E-state index >= 15 is 0 Å². The first-order chi connectivity index (χ1) is 9.61. The van der Waals surface area contributed by atoms with Gasteiger partial charge in [-0.2, -0.15) is 0 Å². The van der Waals surface area contributed by atoms with E-state index in [1.807, 2.05) is 19.1 Å². The van der Waals surface area contributed by atoms with Gasteiger partial charge in [-0.3, -0.25) is 0 Å². The van der Waals surface area contributed by atoms with Gasteiger partial charge in [0, 0.05) is 16.1 Å². The number of rotatable bonds is 5. The quantitative estimate of drug-likeness (QED) is 0.817. The van der Waals surface area contributed by atoms with Gasteiger partial charge in [-0.05, 0) is 42.3 Å². The highest BCUT2D eigenvalue weighted by molar-refractivity contribution is 6.35. The summed E-state index contributed by atoms with van der Waals surface area (Å²) in [4.78, 5) is 0. The van der Waals surface area contributed by atoms with E-state index in [0.717, 1.165) is 12.1 Å². The second-order valence-corrected chi connectivity index (χ2v) is 5.42. The molecule has 106 valence electrons. The smallest absolute Gasteiger partial charge is 0.126 e. The van der Waals surface area contributed by atoms with E-state index in [4.69, 9.17) is 23.2 Å². The molecule has 2 rings (SSSR count). The first-order valence-electron chi connectivity index (χ1n) is 6.53. The Labute approximate surface area is 128 Å². The molecule has 0 saturated heterocycles. The van der Waals surface area contributed by atoms with E-state index in [2.05, 4.69) is 5.32 Å². The molecule has 0 aromatic heterocycles. The van der Waals surface area contributed by atoms with Gasteiger partial charge in [0.05, 0.1) is 0 Å². The third-order valence-electron chi connectivity index (χ3n) is 3.17. The highest BCUT2D eigenvalue weighted by Gasteiger charge is 2.16. The molecular weight excluding hydrogens is 296 g/mol. The molecule has 0 aliphatic carbocycles. The minimum atomic E-state index is -0.194. The van der Waals surface area contributed by atoms with Crippen molar-refractivity contribution in [2.75, 3.05) is 6.54 Å². The van der Waals surface area contributed by atoms with Crippen molar-refractivity contribution in [2.24, 2.45) is 0 Å². The number of likely N-dealkylation sites (N-methyl/N-ethyl adjacent to an activating group) is 1. The number of hydrogen-bond acceptors (Lipinski definition) is 1. The molecule has 0 fully saturated rings. The van der Waals surface area contributed by atoms with Crippen LogP contribution in [0.5, 0.6) is 0 Å². The molecule has 0 heterocycles. The van der Waals surface area contributed by atoms with Crippen LogP contribution < -0.4 is 5.32 Å². The molecule has 1 atom stereocenters. The Morgan fingerprint density at radius 3 is 2.55 bits per heavy atom. The van der Waals surface area contributed by atoms with E-state index in [1.54, 1.807) is 24.3 Å². The standard InChI is InChI=1S/C16H16Cl2FN/c1-2-20-16(9-11-5-3-4-6-15(11)19)13-8-7-12(17)10-14(13)18/h3-8,10,16,20H,2,9H2,1H3. The molecule has 20 heavy (non-hydrogen) atoms. The van der Waals surface area contributed by atoms with Crippen molar-refractivity contribution in [3.63, 3.8) is 0 Å². The molecule has 0 bridgehead atoms. The molecule has 4 heteroatoms. The van der Waals surface area contributed by atoms with Crippen LogP contribution in [0, 0.1) is 5.82 Å². The monoisotopic (exact) mass is 311 g/mol. The molecule has 0 aliphatic heterocycles. The maximum atomic E-state index is 13.8. The Hall–Kier alpha value is -1.09. The minimum absolute atomic E-state index is 0.0401. The van der Waals surface area contributed by atoms with Crippen molar-refractivity contribution < 1.29 is 4.39 Å². The maximum absolute atomic E-state index is 13.8. The van der Waals surface area contributed by atoms with Gasteiger partial charge in [-0.1, -0.05) is 54.4 Å². The van der Waals surface area contributed by atoms with Crippen LogP contribution >= 0.6 is 23.2 Å². The van der Waals surface area contributed by atoms with Gasteiger partial charge < -0.3 is 5.32 Å². The van der Waals surface area contributed by atoms with Crippen LogP contribution in [0.25, 0.3) is 0 Å². The zero-order valence-electron chi connectivity index (χ0n) is 11.2. The number of hydrogen-bond donors (Lipinski definition) is 1. The lowest BCUT2D eigenvalue weighted by atomic mass is 9.98. The summed E-state index contributed by atoms with van der Waals surface area (Å²) < 4.78 is 13.8. The van der Waals surface area contributed by atoms with E-state index < -0.39 is 0 Å². The molecule has 1 nitrogen and oxygen atoms in total. The average molecular weight is 312 g/mol. The summed E-state index contributed by atoms with van der Waals surface area (Å²) in [5.41, 5.74) is 1.60. The minimum Gasteiger partial charge on any atom is -0.310 e. The molecule has 1 unspecified atom stereocenters. The van der Waals surface area contributed by atoms with E-state index in [-0.39, 0.29) is 11.9 Å². The average Bonchev–Trinajstić information content (AvgIpc) is 2.41. The van der Waals surface area contributed by atoms with Gasteiger partial charge >= 0.3 is 0 Å². The zero-order chi connectivity index (χ0) is 14.5. The molecule has 0 amide bonds. The Kier molecular flexibility index (Phi) is 5.41. The van der Waals surface area contributed by atoms with Crippen molar-refractivity contribution in [3.8, 4) is 0 Å². The third-order valence-corrected chi connectivity index (χ3v) is 3.73. The first kappa shape index (κ1) is 15.3. The van der Waals surface area contributed by atoms with Crippen molar-refractivity contribution in [1.29, 1.82) is 0 Å². The van der Waals surface area contributed by atoms with Gasteiger partial charge in [0.15, 0.2) is 0 Å². The van der Waals surface area contributed by atoms with Crippen LogP contribution in [0.1, 0.15) is 24.1 Å². The summed E-state index contributed by atoms with van der Waals surface area (Å²) in [6.07, 6.45) is 0.544. The maximum Gasteiger partial charge on any atom is 0.126 e. The van der Waals surface area contributed by atoms with Crippen molar-refractivity contribution in [1.82, 2.24) is 5.32 Å². The molecule has 0 saturated carbocycles. The lowest BCUT2D eigenvalue weighted by Gasteiger charge is -2.20. The molecular formula is C16H16Cl2FN. The predicted molar refractivity (Wildman–Crippen MR) is 83.0 cm³/mol. The molecule has 1 N–H and O–H groups in total. The van der Waals surface area contributed by atoms with Gasteiger partial charge in [0.1, 0.15) is 5.82 Å². The van der Waals surface area contributed by atoms with Crippen LogP contribution in [0.3, 0.4) is 0 Å². The molecule has 0 spiro atoms. The number of benzene rings is 2. The fraction of sp³-hybridized carbons (Fsp3) is 0.250. The lowest BCUT2D eigenvalue weighted by Crippen LogP contribution is -2.23. The van der Waals surface area contributed by atoms with E-state index in [9.17, 15) is 4.39 Å². The highest BCUT2D eigenvalue weighted by atomic mass is 35.5. The normalized spacial score (nSPS) is 12.4. The SMILES string of the molecule is CCNC(Cc1ccccc1F)c1ccc(Cl)cc1Cl. The van der Waals surface area contributed by atoms with Gasteiger partial charge in [0.25, 0.3) is 0 Å². The summed E-state index contributed by atoms with van der Waals surface area (Å²) in [6, 6.07) is 12.2. The van der Waals surface area contributed by atoms with Crippen LogP contribution in [0.2, 0.25) is 10.0 Å². The molecule has 0 aliphatic rings. The predicted octanol–water partition coefficient (Wildman–Crippen LogP) is 5.03. The Morgan fingerprint density at radius 2 is 1.90 bits per heavy atom. The zero-order valence-corrected chi connectivity index (χ0v) is 12.7. The summed E-state index contributed by atoms with van der Waals surface area (Å²) in [6.45, 7) is 2.79. The topological polar surface area (TPSA) is 12.0 Å². The molecule has 2 aromatic carbocycles. The van der Waals surface area contributed by atoms with Crippen LogP contribution in [-0.4, -0.2) is 6.54 Å². The van der Waals surface area contributed by atoms with E-state index in [1.165, 1.54) is 6.07 Å².